The Hall–Kier alpha value is -0.180. The molecule has 13 heavy (non-hydrogen) atoms. The molecule has 0 heterocycles. The van der Waals surface area contributed by atoms with Crippen LogP contribution in [0.5, 0.6) is 0 Å². The zero-order valence-electron chi connectivity index (χ0n) is 9.01. The van der Waals surface area contributed by atoms with Crippen LogP contribution in [-0.4, -0.2) is 29.5 Å². The molecule has 0 radical (unpaired) electrons. The van der Waals surface area contributed by atoms with E-state index in [0.717, 1.165) is 38.8 Å². The Morgan fingerprint density at radius 1 is 1.15 bits per heavy atom. The fourth-order valence-electron chi connectivity index (χ4n) is 1.12. The second-order valence-electron chi connectivity index (χ2n) is 3.16. The molecule has 2 nitrogen and oxygen atoms in total. The lowest BCUT2D eigenvalue weighted by atomic mass is 10.3. The van der Waals surface area contributed by atoms with Gasteiger partial charge in [0.15, 0.2) is 0 Å². The van der Waals surface area contributed by atoms with E-state index in [1.54, 1.807) is 0 Å². The molecule has 0 rings (SSSR count). The van der Waals surface area contributed by atoms with E-state index < -0.39 is 0 Å². The first-order valence-electron chi connectivity index (χ1n) is 5.09. The lowest BCUT2D eigenvalue weighted by Gasteiger charge is -2.20. The number of carbonyl (C=O) groups excluding carboxylic acids is 1. The summed E-state index contributed by atoms with van der Waals surface area (Å²) >= 11 is 1.32. The summed E-state index contributed by atoms with van der Waals surface area (Å²) in [6.45, 7) is 6.16. The molecule has 0 bridgehead atoms. The molecule has 0 aromatic heterocycles. The Morgan fingerprint density at radius 3 is 1.92 bits per heavy atom. The van der Waals surface area contributed by atoms with Crippen LogP contribution in [0, 0.1) is 0 Å². The normalized spacial score (nSPS) is 10.1. The van der Waals surface area contributed by atoms with E-state index in [4.69, 9.17) is 0 Å². The van der Waals surface area contributed by atoms with Crippen LogP contribution in [0.4, 0.5) is 4.79 Å². The highest BCUT2D eigenvalue weighted by atomic mass is 32.2. The van der Waals surface area contributed by atoms with Crippen LogP contribution in [0.1, 0.15) is 39.5 Å². The maximum Gasteiger partial charge on any atom is 0.281 e. The van der Waals surface area contributed by atoms with Gasteiger partial charge in [0.1, 0.15) is 0 Å². The summed E-state index contributed by atoms with van der Waals surface area (Å²) in [5.74, 6) is 0. The minimum Gasteiger partial charge on any atom is -0.334 e. The maximum atomic E-state index is 11.4. The molecule has 0 spiro atoms. The van der Waals surface area contributed by atoms with Crippen molar-refractivity contribution in [2.45, 2.75) is 39.5 Å². The van der Waals surface area contributed by atoms with Crippen molar-refractivity contribution >= 4 is 17.0 Å². The van der Waals surface area contributed by atoms with E-state index in [9.17, 15) is 4.79 Å². The van der Waals surface area contributed by atoms with Gasteiger partial charge in [0.2, 0.25) is 0 Å². The van der Waals surface area contributed by atoms with Crippen LogP contribution in [-0.2, 0) is 0 Å². The van der Waals surface area contributed by atoms with Gasteiger partial charge < -0.3 is 4.90 Å². The second-order valence-corrected chi connectivity index (χ2v) is 3.92. The van der Waals surface area contributed by atoms with Gasteiger partial charge in [-0.25, -0.2) is 0 Å². The smallest absolute Gasteiger partial charge is 0.281 e. The second kappa shape index (κ2) is 8.42. The molecular formula is C10H21NOS. The Morgan fingerprint density at radius 2 is 1.62 bits per heavy atom. The van der Waals surface area contributed by atoms with Gasteiger partial charge in [0, 0.05) is 13.1 Å². The molecule has 0 saturated heterocycles. The fourth-order valence-corrected chi connectivity index (χ4v) is 1.56. The highest BCUT2D eigenvalue weighted by molar-refractivity contribution is 8.12. The maximum absolute atomic E-state index is 11.4. The van der Waals surface area contributed by atoms with Gasteiger partial charge in [-0.2, -0.15) is 0 Å². The van der Waals surface area contributed by atoms with Crippen LogP contribution >= 0.6 is 11.8 Å². The zero-order valence-corrected chi connectivity index (χ0v) is 9.82. The Labute approximate surface area is 86.1 Å². The van der Waals surface area contributed by atoms with Crippen molar-refractivity contribution in [3.05, 3.63) is 0 Å². The van der Waals surface area contributed by atoms with E-state index >= 15 is 0 Å². The van der Waals surface area contributed by atoms with E-state index in [1.165, 1.54) is 11.8 Å². The predicted molar refractivity (Wildman–Crippen MR) is 60.3 cm³/mol. The molecule has 1 amide bonds. The third-order valence-corrected chi connectivity index (χ3v) is 2.60. The summed E-state index contributed by atoms with van der Waals surface area (Å²) in [5, 5.41) is 0.224. The number of carbonyl (C=O) groups is 1. The van der Waals surface area contributed by atoms with E-state index in [0.29, 0.717) is 0 Å². The molecule has 0 fully saturated rings. The largest absolute Gasteiger partial charge is 0.334 e. The van der Waals surface area contributed by atoms with Crippen molar-refractivity contribution in [3.8, 4) is 0 Å². The standard InChI is InChI=1S/C10H21NOS/c1-4-6-8-11(9-7-5-2)10(12)13-3/h4-9H2,1-3H3. The van der Waals surface area contributed by atoms with Crippen molar-refractivity contribution < 1.29 is 4.79 Å². The summed E-state index contributed by atoms with van der Waals surface area (Å²) in [6.07, 6.45) is 6.41. The van der Waals surface area contributed by atoms with Crippen molar-refractivity contribution in [3.63, 3.8) is 0 Å². The molecular weight excluding hydrogens is 182 g/mol. The quantitative estimate of drug-likeness (QED) is 0.659. The predicted octanol–water partition coefficient (Wildman–Crippen LogP) is 3.37. The number of unbranched alkanes of at least 4 members (excludes halogenated alkanes) is 2. The number of hydrogen-bond acceptors (Lipinski definition) is 2. The van der Waals surface area contributed by atoms with E-state index in [1.807, 2.05) is 11.2 Å². The summed E-state index contributed by atoms with van der Waals surface area (Å²) in [5.41, 5.74) is 0. The molecule has 0 unspecified atom stereocenters. The first kappa shape index (κ1) is 12.8. The van der Waals surface area contributed by atoms with Crippen LogP contribution in [0.15, 0.2) is 0 Å². The number of thioether (sulfide) groups is 1. The van der Waals surface area contributed by atoms with Crippen molar-refractivity contribution in [1.29, 1.82) is 0 Å². The Bertz CT molecular complexity index is 131. The van der Waals surface area contributed by atoms with Gasteiger partial charge in [-0.1, -0.05) is 38.5 Å². The molecule has 78 valence electrons. The minimum atomic E-state index is 0.224. The average Bonchev–Trinajstić information content (AvgIpc) is 2.17. The van der Waals surface area contributed by atoms with Gasteiger partial charge in [-0.15, -0.1) is 0 Å². The first-order valence-corrected chi connectivity index (χ1v) is 6.31. The monoisotopic (exact) mass is 203 g/mol. The summed E-state index contributed by atoms with van der Waals surface area (Å²) in [4.78, 5) is 13.4. The van der Waals surface area contributed by atoms with Gasteiger partial charge in [0.05, 0.1) is 0 Å². The molecule has 0 aliphatic heterocycles. The van der Waals surface area contributed by atoms with Crippen LogP contribution < -0.4 is 0 Å². The Kier molecular flexibility index (Phi) is 8.30. The van der Waals surface area contributed by atoms with E-state index in [-0.39, 0.29) is 5.24 Å². The lowest BCUT2D eigenvalue weighted by molar-refractivity contribution is 0.221. The highest BCUT2D eigenvalue weighted by Crippen LogP contribution is 2.07. The van der Waals surface area contributed by atoms with Crippen molar-refractivity contribution in [1.82, 2.24) is 4.90 Å². The SMILES string of the molecule is CCCCN(CCCC)C(=O)SC. The van der Waals surface area contributed by atoms with Crippen LogP contribution in [0.25, 0.3) is 0 Å². The van der Waals surface area contributed by atoms with Gasteiger partial charge >= 0.3 is 0 Å². The fraction of sp³-hybridized carbons (Fsp3) is 0.900. The Balaban J connectivity index is 3.79. The van der Waals surface area contributed by atoms with Crippen LogP contribution in [0.2, 0.25) is 0 Å². The highest BCUT2D eigenvalue weighted by Gasteiger charge is 2.09. The number of rotatable bonds is 6. The number of nitrogens with zero attached hydrogens (tertiary/aromatic N) is 1. The van der Waals surface area contributed by atoms with Crippen LogP contribution in [0.3, 0.4) is 0 Å². The lowest BCUT2D eigenvalue weighted by Crippen LogP contribution is -2.29. The van der Waals surface area contributed by atoms with Gasteiger partial charge in [-0.3, -0.25) is 4.79 Å². The van der Waals surface area contributed by atoms with Crippen molar-refractivity contribution in [2.75, 3.05) is 19.3 Å². The molecule has 0 atom stereocenters. The minimum absolute atomic E-state index is 0.224. The number of amides is 1. The molecule has 0 saturated carbocycles. The molecule has 0 aromatic carbocycles. The summed E-state index contributed by atoms with van der Waals surface area (Å²) in [7, 11) is 0. The summed E-state index contributed by atoms with van der Waals surface area (Å²) < 4.78 is 0. The van der Waals surface area contributed by atoms with E-state index in [2.05, 4.69) is 13.8 Å². The first-order chi connectivity index (χ1) is 6.26. The molecule has 3 heteroatoms. The molecule has 0 aliphatic carbocycles. The molecule has 0 aliphatic rings. The zero-order chi connectivity index (χ0) is 10.1. The third-order valence-electron chi connectivity index (χ3n) is 2.00. The molecule has 0 N–H and O–H groups in total. The number of hydrogen-bond donors (Lipinski definition) is 0. The molecule has 0 aromatic rings. The average molecular weight is 203 g/mol. The third kappa shape index (κ3) is 5.97. The summed E-state index contributed by atoms with van der Waals surface area (Å²) in [6, 6.07) is 0. The van der Waals surface area contributed by atoms with Crippen molar-refractivity contribution in [2.24, 2.45) is 0 Å². The topological polar surface area (TPSA) is 20.3 Å². The van der Waals surface area contributed by atoms with Gasteiger partial charge in [0.25, 0.3) is 5.24 Å². The van der Waals surface area contributed by atoms with Gasteiger partial charge in [-0.05, 0) is 19.1 Å².